The molecule has 0 nitrogen and oxygen atoms in total. The number of hydrogen-bond donors (Lipinski definition) is 0. The van der Waals surface area contributed by atoms with Crippen molar-refractivity contribution in [2.24, 2.45) is 0 Å². The second kappa shape index (κ2) is 11.0. The molecule has 0 aliphatic carbocycles. The lowest BCUT2D eigenvalue weighted by atomic mass is 10.1. The third-order valence-electron chi connectivity index (χ3n) is 2.38. The monoisotopic (exact) mass is 252 g/mol. The van der Waals surface area contributed by atoms with E-state index in [1.165, 1.54) is 5.56 Å². The smallest absolute Gasteiger partial charge is 0.0190 e. The molecule has 2 aromatic carbocycles. The lowest BCUT2D eigenvalue weighted by molar-refractivity contribution is 1.48. The molecule has 0 radical (unpaired) electrons. The van der Waals surface area contributed by atoms with Gasteiger partial charge in [0, 0.05) is 0 Å². The first-order chi connectivity index (χ1) is 9.27. The van der Waals surface area contributed by atoms with E-state index in [0.29, 0.717) is 0 Å². The molecule has 0 aliphatic heterocycles. The summed E-state index contributed by atoms with van der Waals surface area (Å²) in [6.45, 7) is 13.5. The van der Waals surface area contributed by atoms with Crippen molar-refractivity contribution in [3.8, 4) is 0 Å². The Morgan fingerprint density at radius 2 is 1.05 bits per heavy atom. The number of rotatable bonds is 2. The molecule has 0 fully saturated rings. The molecular formula is C19H24. The molecule has 2 rings (SSSR count). The van der Waals surface area contributed by atoms with Crippen molar-refractivity contribution in [1.82, 2.24) is 0 Å². The van der Waals surface area contributed by atoms with Crippen LogP contribution in [0.5, 0.6) is 0 Å². The fourth-order valence-corrected chi connectivity index (χ4v) is 1.42. The molecule has 19 heavy (non-hydrogen) atoms. The van der Waals surface area contributed by atoms with Crippen molar-refractivity contribution in [1.29, 1.82) is 0 Å². The van der Waals surface area contributed by atoms with E-state index < -0.39 is 0 Å². The average Bonchev–Trinajstić information content (AvgIpc) is 2.50. The zero-order valence-electron chi connectivity index (χ0n) is 12.3. The van der Waals surface area contributed by atoms with E-state index in [1.807, 2.05) is 68.5 Å². The van der Waals surface area contributed by atoms with Crippen molar-refractivity contribution < 1.29 is 0 Å². The zero-order chi connectivity index (χ0) is 14.5. The highest BCUT2D eigenvalue weighted by atomic mass is 13.9. The van der Waals surface area contributed by atoms with Crippen molar-refractivity contribution >= 4 is 12.2 Å². The van der Waals surface area contributed by atoms with Crippen LogP contribution < -0.4 is 0 Å². The molecule has 0 N–H and O–H groups in total. The van der Waals surface area contributed by atoms with Gasteiger partial charge in [-0.3, -0.25) is 0 Å². The highest BCUT2D eigenvalue weighted by Crippen LogP contribution is 2.10. The third kappa shape index (κ3) is 7.05. The van der Waals surface area contributed by atoms with E-state index in [0.717, 1.165) is 11.1 Å². The van der Waals surface area contributed by atoms with E-state index in [4.69, 9.17) is 0 Å². The SMILES string of the molecule is C=Cc1ccccc1C=C.CC.Cc1ccccc1. The van der Waals surface area contributed by atoms with Crippen LogP contribution in [0.25, 0.3) is 12.2 Å². The quantitative estimate of drug-likeness (QED) is 0.615. The first-order valence-electron chi connectivity index (χ1n) is 6.63. The Morgan fingerprint density at radius 1 is 0.684 bits per heavy atom. The number of hydrogen-bond acceptors (Lipinski definition) is 0. The summed E-state index contributed by atoms with van der Waals surface area (Å²) in [4.78, 5) is 0. The van der Waals surface area contributed by atoms with Gasteiger partial charge in [0.25, 0.3) is 0 Å². The number of aryl methyl sites for hydroxylation is 1. The van der Waals surface area contributed by atoms with Crippen LogP contribution in [-0.4, -0.2) is 0 Å². The zero-order valence-corrected chi connectivity index (χ0v) is 12.3. The predicted molar refractivity (Wildman–Crippen MR) is 89.2 cm³/mol. The van der Waals surface area contributed by atoms with Crippen LogP contribution >= 0.6 is 0 Å². The first kappa shape index (κ1) is 16.9. The highest BCUT2D eigenvalue weighted by Gasteiger charge is 1.89. The fourth-order valence-electron chi connectivity index (χ4n) is 1.42. The highest BCUT2D eigenvalue weighted by molar-refractivity contribution is 5.63. The standard InChI is InChI=1S/C10H10.C7H8.C2H6/c1-3-9-7-5-6-8-10(9)4-2;1-7-5-3-2-4-6-7;1-2/h3-8H,1-2H2;2-6H,1H3;1-2H3. The average molecular weight is 252 g/mol. The van der Waals surface area contributed by atoms with Gasteiger partial charge in [0.15, 0.2) is 0 Å². The minimum absolute atomic E-state index is 1.14. The summed E-state index contributed by atoms with van der Waals surface area (Å²) in [7, 11) is 0. The minimum Gasteiger partial charge on any atom is -0.0984 e. The van der Waals surface area contributed by atoms with Gasteiger partial charge >= 0.3 is 0 Å². The molecule has 0 aliphatic rings. The van der Waals surface area contributed by atoms with Crippen LogP contribution in [0.2, 0.25) is 0 Å². The molecule has 0 heterocycles. The van der Waals surface area contributed by atoms with Crippen LogP contribution in [0.15, 0.2) is 67.8 Å². The molecule has 0 saturated carbocycles. The summed E-state index contributed by atoms with van der Waals surface area (Å²) in [5, 5.41) is 0. The van der Waals surface area contributed by atoms with E-state index >= 15 is 0 Å². The molecule has 0 unspecified atom stereocenters. The van der Waals surface area contributed by atoms with Gasteiger partial charge < -0.3 is 0 Å². The number of benzene rings is 2. The van der Waals surface area contributed by atoms with Crippen LogP contribution in [0, 0.1) is 6.92 Å². The van der Waals surface area contributed by atoms with Gasteiger partial charge in [-0.05, 0) is 18.1 Å². The van der Waals surface area contributed by atoms with E-state index in [-0.39, 0.29) is 0 Å². The first-order valence-corrected chi connectivity index (χ1v) is 6.63. The molecule has 0 heteroatoms. The van der Waals surface area contributed by atoms with Crippen LogP contribution in [0.3, 0.4) is 0 Å². The van der Waals surface area contributed by atoms with Crippen molar-refractivity contribution in [2.45, 2.75) is 20.8 Å². The maximum Gasteiger partial charge on any atom is -0.0190 e. The molecule has 0 spiro atoms. The maximum atomic E-state index is 3.69. The second-order valence-corrected chi connectivity index (χ2v) is 3.69. The van der Waals surface area contributed by atoms with Crippen LogP contribution in [-0.2, 0) is 0 Å². The van der Waals surface area contributed by atoms with E-state index in [2.05, 4.69) is 32.2 Å². The Bertz CT molecular complexity index is 439. The Labute approximate surface area is 118 Å². The lowest BCUT2D eigenvalue weighted by Crippen LogP contribution is -1.76. The van der Waals surface area contributed by atoms with Gasteiger partial charge in [0.1, 0.15) is 0 Å². The summed E-state index contributed by atoms with van der Waals surface area (Å²) in [6, 6.07) is 18.3. The summed E-state index contributed by atoms with van der Waals surface area (Å²) in [5.74, 6) is 0. The molecular weight excluding hydrogens is 228 g/mol. The largest absolute Gasteiger partial charge is 0.0984 e. The Hall–Kier alpha value is -2.08. The maximum absolute atomic E-state index is 3.69. The van der Waals surface area contributed by atoms with E-state index in [9.17, 15) is 0 Å². The Morgan fingerprint density at radius 3 is 1.32 bits per heavy atom. The third-order valence-corrected chi connectivity index (χ3v) is 2.38. The summed E-state index contributed by atoms with van der Waals surface area (Å²) < 4.78 is 0. The topological polar surface area (TPSA) is 0 Å². The normalized spacial score (nSPS) is 8.16. The van der Waals surface area contributed by atoms with Crippen molar-refractivity contribution in [2.75, 3.05) is 0 Å². The molecule has 0 amide bonds. The molecule has 100 valence electrons. The predicted octanol–water partition coefficient (Wildman–Crippen LogP) is 5.99. The molecule has 0 saturated heterocycles. The second-order valence-electron chi connectivity index (χ2n) is 3.69. The minimum atomic E-state index is 1.14. The Balaban J connectivity index is 0.000000316. The summed E-state index contributed by atoms with van der Waals surface area (Å²) in [5.41, 5.74) is 3.59. The van der Waals surface area contributed by atoms with Gasteiger partial charge in [0.05, 0.1) is 0 Å². The Kier molecular flexibility index (Phi) is 9.83. The van der Waals surface area contributed by atoms with Crippen molar-refractivity contribution in [3.63, 3.8) is 0 Å². The molecule has 0 atom stereocenters. The van der Waals surface area contributed by atoms with E-state index in [1.54, 1.807) is 0 Å². The van der Waals surface area contributed by atoms with Gasteiger partial charge in [-0.25, -0.2) is 0 Å². The molecule has 2 aromatic rings. The fraction of sp³-hybridized carbons (Fsp3) is 0.158. The van der Waals surface area contributed by atoms with Crippen LogP contribution in [0.4, 0.5) is 0 Å². The van der Waals surface area contributed by atoms with Crippen molar-refractivity contribution in [3.05, 3.63) is 84.4 Å². The van der Waals surface area contributed by atoms with Crippen LogP contribution in [0.1, 0.15) is 30.5 Å². The molecule has 0 aromatic heterocycles. The van der Waals surface area contributed by atoms with Gasteiger partial charge in [-0.2, -0.15) is 0 Å². The lowest BCUT2D eigenvalue weighted by Gasteiger charge is -1.96. The van der Waals surface area contributed by atoms with Gasteiger partial charge in [-0.1, -0.05) is 99.3 Å². The summed E-state index contributed by atoms with van der Waals surface area (Å²) >= 11 is 0. The van der Waals surface area contributed by atoms with Gasteiger partial charge in [0.2, 0.25) is 0 Å². The molecule has 0 bridgehead atoms. The van der Waals surface area contributed by atoms with Gasteiger partial charge in [-0.15, -0.1) is 0 Å². The summed E-state index contributed by atoms with van der Waals surface area (Å²) in [6.07, 6.45) is 3.66.